The molecule has 0 aromatic rings. The highest BCUT2D eigenvalue weighted by atomic mass is 16.5. The van der Waals surface area contributed by atoms with Crippen LogP contribution in [0.25, 0.3) is 0 Å². The van der Waals surface area contributed by atoms with Gasteiger partial charge in [0.1, 0.15) is 6.10 Å². The van der Waals surface area contributed by atoms with Crippen molar-refractivity contribution in [3.05, 3.63) is 0 Å². The van der Waals surface area contributed by atoms with Gasteiger partial charge >= 0.3 is 5.97 Å². The number of hydrogen-bond donors (Lipinski definition) is 1. The minimum Gasteiger partial charge on any atom is -0.462 e. The summed E-state index contributed by atoms with van der Waals surface area (Å²) < 4.78 is 5.55. The Balaban J connectivity index is 2.52. The number of ether oxygens (including phenoxy) is 1. The van der Waals surface area contributed by atoms with E-state index in [0.29, 0.717) is 12.3 Å². The predicted molar refractivity (Wildman–Crippen MR) is 67.6 cm³/mol. The number of aliphatic hydroxyl groups is 1. The molecule has 0 heterocycles. The summed E-state index contributed by atoms with van der Waals surface area (Å²) in [6.07, 6.45) is 6.26. The normalized spacial score (nSPS) is 21.2. The number of rotatable bonds is 5. The van der Waals surface area contributed by atoms with Crippen molar-refractivity contribution in [2.75, 3.05) is 6.61 Å². The first kappa shape index (κ1) is 14.5. The van der Waals surface area contributed by atoms with Gasteiger partial charge in [0, 0.05) is 0 Å². The van der Waals surface area contributed by atoms with E-state index in [1.165, 1.54) is 6.42 Å². The fourth-order valence-corrected chi connectivity index (χ4v) is 2.59. The minimum atomic E-state index is -0.731. The summed E-state index contributed by atoms with van der Waals surface area (Å²) in [6.45, 7) is 5.79. The molecule has 0 radical (unpaired) electrons. The zero-order chi connectivity index (χ0) is 12.9. The Morgan fingerprint density at radius 2 is 1.94 bits per heavy atom. The molecule has 1 N–H and O–H groups in total. The molecule has 0 aliphatic heterocycles. The van der Waals surface area contributed by atoms with Gasteiger partial charge in [-0.05, 0) is 44.9 Å². The maximum absolute atomic E-state index is 12.1. The van der Waals surface area contributed by atoms with Gasteiger partial charge in [0.25, 0.3) is 0 Å². The number of aliphatic hydroxyl groups excluding tert-OH is 1. The highest BCUT2D eigenvalue weighted by molar-refractivity contribution is 5.76. The molecule has 1 aliphatic rings. The third-order valence-corrected chi connectivity index (χ3v) is 3.53. The van der Waals surface area contributed by atoms with Gasteiger partial charge in [-0.15, -0.1) is 0 Å². The van der Waals surface area contributed by atoms with Crippen LogP contribution in [0, 0.1) is 11.3 Å². The molecule has 1 unspecified atom stereocenters. The Labute approximate surface area is 105 Å². The van der Waals surface area contributed by atoms with Crippen molar-refractivity contribution in [2.45, 2.75) is 65.4 Å². The molecule has 1 saturated carbocycles. The largest absolute Gasteiger partial charge is 0.462 e. The van der Waals surface area contributed by atoms with Crippen LogP contribution >= 0.6 is 0 Å². The van der Waals surface area contributed by atoms with Crippen LogP contribution in [-0.4, -0.2) is 23.8 Å². The van der Waals surface area contributed by atoms with E-state index in [-0.39, 0.29) is 18.7 Å². The summed E-state index contributed by atoms with van der Waals surface area (Å²) in [7, 11) is 0. The maximum atomic E-state index is 12.1. The molecule has 3 heteroatoms. The quantitative estimate of drug-likeness (QED) is 0.754. The smallest absolute Gasteiger partial charge is 0.314 e. The van der Waals surface area contributed by atoms with Crippen LogP contribution in [0.5, 0.6) is 0 Å². The predicted octanol–water partition coefficient (Wildman–Crippen LogP) is 2.91. The highest BCUT2D eigenvalue weighted by Gasteiger charge is 2.36. The third-order valence-electron chi connectivity index (χ3n) is 3.53. The van der Waals surface area contributed by atoms with E-state index < -0.39 is 5.41 Å². The summed E-state index contributed by atoms with van der Waals surface area (Å²) in [5.74, 6) is 0.159. The second-order valence-electron chi connectivity index (χ2n) is 5.98. The van der Waals surface area contributed by atoms with Gasteiger partial charge in [-0.1, -0.05) is 20.3 Å². The van der Waals surface area contributed by atoms with Crippen molar-refractivity contribution >= 4 is 5.97 Å². The Kier molecular flexibility index (Phi) is 5.44. The first-order valence-corrected chi connectivity index (χ1v) is 6.80. The molecule has 3 nitrogen and oxygen atoms in total. The molecule has 100 valence electrons. The molecule has 1 aliphatic carbocycles. The summed E-state index contributed by atoms with van der Waals surface area (Å²) in [4.78, 5) is 12.1. The topological polar surface area (TPSA) is 46.5 Å². The van der Waals surface area contributed by atoms with Crippen LogP contribution in [0.2, 0.25) is 0 Å². The number of carbonyl (C=O) groups is 1. The van der Waals surface area contributed by atoms with Crippen LogP contribution in [0.15, 0.2) is 0 Å². The van der Waals surface area contributed by atoms with Crippen LogP contribution in [-0.2, 0) is 9.53 Å². The lowest BCUT2D eigenvalue weighted by atomic mass is 9.82. The molecule has 0 saturated heterocycles. The van der Waals surface area contributed by atoms with Crippen LogP contribution in [0.1, 0.15) is 59.3 Å². The fraction of sp³-hybridized carbons (Fsp3) is 0.929. The molecule has 0 spiro atoms. The lowest BCUT2D eigenvalue weighted by Gasteiger charge is -2.30. The molecule has 0 aromatic heterocycles. The van der Waals surface area contributed by atoms with E-state index in [1.807, 2.05) is 0 Å². The second kappa shape index (κ2) is 6.39. The fourth-order valence-electron chi connectivity index (χ4n) is 2.59. The summed E-state index contributed by atoms with van der Waals surface area (Å²) in [6, 6.07) is 0. The first-order valence-electron chi connectivity index (χ1n) is 6.80. The van der Waals surface area contributed by atoms with Crippen molar-refractivity contribution < 1.29 is 14.6 Å². The average Bonchev–Trinajstić information content (AvgIpc) is 2.29. The molecular weight excluding hydrogens is 216 g/mol. The van der Waals surface area contributed by atoms with Crippen molar-refractivity contribution in [1.29, 1.82) is 0 Å². The Hall–Kier alpha value is -0.570. The van der Waals surface area contributed by atoms with Crippen LogP contribution in [0.3, 0.4) is 0 Å². The van der Waals surface area contributed by atoms with Gasteiger partial charge in [0.05, 0.1) is 12.0 Å². The van der Waals surface area contributed by atoms with Crippen molar-refractivity contribution in [3.8, 4) is 0 Å². The molecule has 17 heavy (non-hydrogen) atoms. The van der Waals surface area contributed by atoms with E-state index in [2.05, 4.69) is 13.8 Å². The Bertz CT molecular complexity index is 244. The van der Waals surface area contributed by atoms with Crippen molar-refractivity contribution in [2.24, 2.45) is 11.3 Å². The maximum Gasteiger partial charge on any atom is 0.314 e. The van der Waals surface area contributed by atoms with E-state index in [4.69, 9.17) is 4.74 Å². The molecule has 1 atom stereocenters. The van der Waals surface area contributed by atoms with Crippen LogP contribution in [0.4, 0.5) is 0 Å². The second-order valence-corrected chi connectivity index (χ2v) is 5.98. The first-order chi connectivity index (χ1) is 7.98. The van der Waals surface area contributed by atoms with E-state index in [9.17, 15) is 9.90 Å². The molecule has 0 amide bonds. The molecule has 1 rings (SSSR count). The standard InChI is InChI=1S/C14H26O3/c1-11(2)9-14(3,10-15)13(16)17-12-7-5-4-6-8-12/h11-12,15H,4-10H2,1-3H3. The molecular formula is C14H26O3. The zero-order valence-corrected chi connectivity index (χ0v) is 11.4. The van der Waals surface area contributed by atoms with Gasteiger partial charge < -0.3 is 9.84 Å². The van der Waals surface area contributed by atoms with Gasteiger partial charge in [0.2, 0.25) is 0 Å². The van der Waals surface area contributed by atoms with Crippen molar-refractivity contribution in [3.63, 3.8) is 0 Å². The summed E-state index contributed by atoms with van der Waals surface area (Å²) in [5.41, 5.74) is -0.731. The van der Waals surface area contributed by atoms with Gasteiger partial charge in [0.15, 0.2) is 0 Å². The monoisotopic (exact) mass is 242 g/mol. The molecule has 1 fully saturated rings. The van der Waals surface area contributed by atoms with Gasteiger partial charge in [-0.2, -0.15) is 0 Å². The third kappa shape index (κ3) is 4.30. The number of hydrogen-bond acceptors (Lipinski definition) is 3. The Morgan fingerprint density at radius 1 is 1.35 bits per heavy atom. The SMILES string of the molecule is CC(C)CC(C)(CO)C(=O)OC1CCCCC1. The number of esters is 1. The number of carbonyl (C=O) groups excluding carboxylic acids is 1. The van der Waals surface area contributed by atoms with Gasteiger partial charge in [-0.3, -0.25) is 4.79 Å². The summed E-state index contributed by atoms with van der Waals surface area (Å²) >= 11 is 0. The average molecular weight is 242 g/mol. The van der Waals surface area contributed by atoms with Gasteiger partial charge in [-0.25, -0.2) is 0 Å². The highest BCUT2D eigenvalue weighted by Crippen LogP contribution is 2.29. The minimum absolute atomic E-state index is 0.0780. The lowest BCUT2D eigenvalue weighted by Crippen LogP contribution is -2.37. The Morgan fingerprint density at radius 3 is 2.41 bits per heavy atom. The zero-order valence-electron chi connectivity index (χ0n) is 11.4. The van der Waals surface area contributed by atoms with Crippen LogP contribution < -0.4 is 0 Å². The lowest BCUT2D eigenvalue weighted by molar-refractivity contribution is -0.165. The van der Waals surface area contributed by atoms with E-state index in [0.717, 1.165) is 25.7 Å². The molecule has 0 bridgehead atoms. The van der Waals surface area contributed by atoms with Crippen molar-refractivity contribution in [1.82, 2.24) is 0 Å². The molecule has 0 aromatic carbocycles. The van der Waals surface area contributed by atoms with E-state index in [1.54, 1.807) is 6.92 Å². The summed E-state index contributed by atoms with van der Waals surface area (Å²) in [5, 5.41) is 9.43. The van der Waals surface area contributed by atoms with E-state index >= 15 is 0 Å².